The fourth-order valence-electron chi connectivity index (χ4n) is 2.27. The molecule has 0 spiro atoms. The second kappa shape index (κ2) is 7.98. The number of rotatable bonds is 2. The summed E-state index contributed by atoms with van der Waals surface area (Å²) in [6.07, 6.45) is 0. The van der Waals surface area contributed by atoms with Gasteiger partial charge in [-0.15, -0.1) is 0 Å². The number of carbonyl (C=O) groups excluding carboxylic acids is 2. The van der Waals surface area contributed by atoms with Gasteiger partial charge in [-0.05, 0) is 61.0 Å². The number of halogens is 1. The first kappa shape index (κ1) is 21.4. The molecule has 1 amide bonds. The van der Waals surface area contributed by atoms with E-state index in [2.05, 4.69) is 55.1 Å². The van der Waals surface area contributed by atoms with Gasteiger partial charge in [-0.25, -0.2) is 0 Å². The molecule has 1 N–H and O–H groups in total. The normalized spacial score (nSPS) is 13.4. The van der Waals surface area contributed by atoms with Crippen LogP contribution >= 0.6 is 15.9 Å². The molecule has 0 bridgehead atoms. The highest BCUT2D eigenvalue weighted by atomic mass is 79.9. The third-order valence-corrected chi connectivity index (χ3v) is 9.84. The van der Waals surface area contributed by atoms with Crippen LogP contribution in [0.1, 0.15) is 36.7 Å². The van der Waals surface area contributed by atoms with Gasteiger partial charge in [-0.1, -0.05) is 48.8 Å². The van der Waals surface area contributed by atoms with Crippen molar-refractivity contribution in [2.45, 2.75) is 45.8 Å². The first-order valence-electron chi connectivity index (χ1n) is 8.82. The van der Waals surface area contributed by atoms with Gasteiger partial charge >= 0.3 is 0 Å². The van der Waals surface area contributed by atoms with Crippen molar-refractivity contribution in [3.8, 4) is 5.75 Å². The van der Waals surface area contributed by atoms with Crippen LogP contribution in [0.15, 0.2) is 46.9 Å². The second-order valence-corrected chi connectivity index (χ2v) is 13.7. The third kappa shape index (κ3) is 5.08. The van der Waals surface area contributed by atoms with E-state index < -0.39 is 20.0 Å². The van der Waals surface area contributed by atoms with Crippen molar-refractivity contribution in [1.29, 1.82) is 0 Å². The predicted octanol–water partition coefficient (Wildman–Crippen LogP) is 5.96. The average molecular weight is 448 g/mol. The molecule has 2 aromatic rings. The van der Waals surface area contributed by atoms with E-state index in [1.54, 1.807) is 12.1 Å². The maximum atomic E-state index is 11.1. The van der Waals surface area contributed by atoms with Crippen molar-refractivity contribution < 1.29 is 14.0 Å². The Bertz CT molecular complexity index is 855. The summed E-state index contributed by atoms with van der Waals surface area (Å²) in [5.74, 6) is 0.0118. The Hall–Kier alpha value is -1.92. The molecule has 0 atom stereocenters. The van der Waals surface area contributed by atoms with Gasteiger partial charge in [0.15, 0.2) is 0 Å². The molecule has 1 heterocycles. The van der Waals surface area contributed by atoms with Crippen LogP contribution < -0.4 is 9.74 Å². The maximum absolute atomic E-state index is 11.1. The Balaban J connectivity index is 0.000000198. The standard InChI is InChI=1S/C12H19BrOSi.C9H7NO2/c1-12(2,3)15(4,5)14-11-8-6-10(13)7-9-11;1-5-3-2-4-6-7(5)10-9(12)8(6)11/h6-9H,1-5H3;2-4H,1H3,(H,10,11,12). The van der Waals surface area contributed by atoms with Gasteiger partial charge in [0.1, 0.15) is 5.75 Å². The lowest BCUT2D eigenvalue weighted by Crippen LogP contribution is -2.43. The van der Waals surface area contributed by atoms with E-state index in [0.717, 1.165) is 15.8 Å². The summed E-state index contributed by atoms with van der Waals surface area (Å²) in [4.78, 5) is 22.1. The number of carbonyl (C=O) groups is 2. The summed E-state index contributed by atoms with van der Waals surface area (Å²) in [5.41, 5.74) is 2.07. The molecule has 27 heavy (non-hydrogen) atoms. The van der Waals surface area contributed by atoms with Gasteiger partial charge in [0, 0.05) is 4.47 Å². The van der Waals surface area contributed by atoms with Crippen LogP contribution in [0.2, 0.25) is 18.1 Å². The number of hydrogen-bond acceptors (Lipinski definition) is 3. The van der Waals surface area contributed by atoms with Gasteiger partial charge in [-0.2, -0.15) is 0 Å². The Labute approximate surface area is 170 Å². The molecule has 4 nitrogen and oxygen atoms in total. The molecule has 2 aromatic carbocycles. The monoisotopic (exact) mass is 447 g/mol. The number of para-hydroxylation sites is 1. The lowest BCUT2D eigenvalue weighted by molar-refractivity contribution is -0.112. The van der Waals surface area contributed by atoms with Gasteiger partial charge in [0.25, 0.3) is 11.7 Å². The lowest BCUT2D eigenvalue weighted by Gasteiger charge is -2.36. The number of hydrogen-bond donors (Lipinski definition) is 1. The highest BCUT2D eigenvalue weighted by Crippen LogP contribution is 2.37. The van der Waals surface area contributed by atoms with Gasteiger partial charge in [-0.3, -0.25) is 9.59 Å². The topological polar surface area (TPSA) is 55.4 Å². The van der Waals surface area contributed by atoms with E-state index in [-0.39, 0.29) is 5.04 Å². The summed E-state index contributed by atoms with van der Waals surface area (Å²) >= 11 is 3.42. The van der Waals surface area contributed by atoms with Crippen molar-refractivity contribution in [3.05, 3.63) is 58.1 Å². The summed E-state index contributed by atoms with van der Waals surface area (Å²) in [7, 11) is -1.68. The van der Waals surface area contributed by atoms with E-state index >= 15 is 0 Å². The molecule has 1 aliphatic rings. The van der Waals surface area contributed by atoms with Crippen molar-refractivity contribution in [1.82, 2.24) is 0 Å². The van der Waals surface area contributed by atoms with Crippen LogP contribution in [0.3, 0.4) is 0 Å². The van der Waals surface area contributed by atoms with Crippen molar-refractivity contribution in [2.75, 3.05) is 5.32 Å². The Morgan fingerprint density at radius 1 is 1.00 bits per heavy atom. The van der Waals surface area contributed by atoms with E-state index in [9.17, 15) is 9.59 Å². The Morgan fingerprint density at radius 2 is 1.59 bits per heavy atom. The Kier molecular flexibility index (Phi) is 6.32. The molecule has 0 aromatic heterocycles. The fraction of sp³-hybridized carbons (Fsp3) is 0.333. The quantitative estimate of drug-likeness (QED) is 0.455. The van der Waals surface area contributed by atoms with Crippen LogP contribution in [-0.2, 0) is 4.79 Å². The summed E-state index contributed by atoms with van der Waals surface area (Å²) in [6.45, 7) is 13.1. The first-order chi connectivity index (χ1) is 12.4. The molecular formula is C21H26BrNO3Si. The van der Waals surface area contributed by atoms with E-state index in [1.807, 2.05) is 37.3 Å². The van der Waals surface area contributed by atoms with E-state index in [0.29, 0.717) is 11.3 Å². The van der Waals surface area contributed by atoms with Crippen molar-refractivity contribution >= 4 is 41.6 Å². The second-order valence-electron chi connectivity index (χ2n) is 8.10. The molecule has 0 fully saturated rings. The zero-order chi connectivity index (χ0) is 20.4. The molecule has 144 valence electrons. The SMILES string of the molecule is CC(C)(C)[Si](C)(C)Oc1ccc(Br)cc1.Cc1cccc2c1NC(=O)C2=O. The van der Waals surface area contributed by atoms with Gasteiger partial charge in [0.05, 0.1) is 11.3 Å². The molecule has 0 aliphatic carbocycles. The number of Topliss-reactive ketones (excluding diaryl/α,β-unsaturated/α-hetero) is 1. The molecule has 0 saturated heterocycles. The molecule has 0 radical (unpaired) electrons. The highest BCUT2D eigenvalue weighted by molar-refractivity contribution is 9.10. The average Bonchev–Trinajstić information content (AvgIpc) is 2.86. The smallest absolute Gasteiger partial charge is 0.296 e. The number of fused-ring (bicyclic) bond motifs is 1. The third-order valence-electron chi connectivity index (χ3n) is 4.96. The number of nitrogens with one attached hydrogen (secondary N) is 1. The Morgan fingerprint density at radius 3 is 2.11 bits per heavy atom. The molecule has 6 heteroatoms. The van der Waals surface area contributed by atoms with Crippen LogP contribution in [-0.4, -0.2) is 20.0 Å². The zero-order valence-corrected chi connectivity index (χ0v) is 19.2. The molecular weight excluding hydrogens is 422 g/mol. The predicted molar refractivity (Wildman–Crippen MR) is 116 cm³/mol. The molecule has 0 saturated carbocycles. The molecule has 1 aliphatic heterocycles. The van der Waals surface area contributed by atoms with Crippen LogP contribution in [0.5, 0.6) is 5.75 Å². The van der Waals surface area contributed by atoms with E-state index in [1.165, 1.54) is 0 Å². The van der Waals surface area contributed by atoms with Crippen LogP contribution in [0.4, 0.5) is 5.69 Å². The number of benzene rings is 2. The maximum Gasteiger partial charge on any atom is 0.296 e. The lowest BCUT2D eigenvalue weighted by atomic mass is 10.1. The fourth-order valence-corrected chi connectivity index (χ4v) is 3.56. The van der Waals surface area contributed by atoms with Crippen LogP contribution in [0.25, 0.3) is 0 Å². The zero-order valence-electron chi connectivity index (χ0n) is 16.6. The number of aryl methyl sites for hydroxylation is 1. The summed E-state index contributed by atoms with van der Waals surface area (Å²) in [5, 5.41) is 2.78. The largest absolute Gasteiger partial charge is 0.544 e. The summed E-state index contributed by atoms with van der Waals surface area (Å²) in [6, 6.07) is 13.4. The van der Waals surface area contributed by atoms with E-state index in [4.69, 9.17) is 4.43 Å². The minimum atomic E-state index is -1.68. The van der Waals surface area contributed by atoms with Crippen molar-refractivity contribution in [3.63, 3.8) is 0 Å². The van der Waals surface area contributed by atoms with Gasteiger partial charge in [0.2, 0.25) is 8.32 Å². The number of anilines is 1. The minimum Gasteiger partial charge on any atom is -0.544 e. The summed E-state index contributed by atoms with van der Waals surface area (Å²) < 4.78 is 7.23. The van der Waals surface area contributed by atoms with Crippen molar-refractivity contribution in [2.24, 2.45) is 0 Å². The minimum absolute atomic E-state index is 0.250. The first-order valence-corrected chi connectivity index (χ1v) is 12.5. The number of amides is 1. The highest BCUT2D eigenvalue weighted by Gasteiger charge is 2.38. The number of ketones is 1. The molecule has 0 unspecified atom stereocenters. The van der Waals surface area contributed by atoms with Gasteiger partial charge < -0.3 is 9.74 Å². The van der Waals surface area contributed by atoms with Crippen LogP contribution in [0, 0.1) is 6.92 Å². The molecule has 3 rings (SSSR count).